The molecule has 1 aromatic carbocycles. The van der Waals surface area contributed by atoms with Crippen LogP contribution in [0, 0.1) is 0 Å². The van der Waals surface area contributed by atoms with Gasteiger partial charge in [0, 0.05) is 18.2 Å². The van der Waals surface area contributed by atoms with Gasteiger partial charge >= 0.3 is 12.1 Å². The number of benzene rings is 1. The predicted octanol–water partition coefficient (Wildman–Crippen LogP) is 2.19. The molecule has 1 aliphatic rings. The van der Waals surface area contributed by atoms with Crippen molar-refractivity contribution in [1.82, 2.24) is 10.6 Å². The van der Waals surface area contributed by atoms with Crippen LogP contribution in [0.3, 0.4) is 0 Å². The van der Waals surface area contributed by atoms with Crippen molar-refractivity contribution in [3.63, 3.8) is 0 Å². The number of hydrogen-bond acceptors (Lipinski definition) is 3. The fourth-order valence-electron chi connectivity index (χ4n) is 2.01. The minimum Gasteiger partial charge on any atom is -0.475 e. The largest absolute Gasteiger partial charge is 0.490 e. The zero-order valence-electron chi connectivity index (χ0n) is 12.4. The molecule has 0 aliphatic carbocycles. The van der Waals surface area contributed by atoms with Gasteiger partial charge in [-0.15, -0.1) is 0 Å². The number of carboxylic acid groups (broad SMARTS) is 1. The van der Waals surface area contributed by atoms with E-state index in [2.05, 4.69) is 10.6 Å². The average molecular weight is 332 g/mol. The van der Waals surface area contributed by atoms with Crippen LogP contribution in [0.2, 0.25) is 0 Å². The Balaban J connectivity index is 0.000000322. The molecule has 5 nitrogen and oxygen atoms in total. The minimum absolute atomic E-state index is 0.0213. The van der Waals surface area contributed by atoms with Gasteiger partial charge in [-0.25, -0.2) is 4.79 Å². The summed E-state index contributed by atoms with van der Waals surface area (Å²) in [4.78, 5) is 20.6. The first-order valence-corrected chi connectivity index (χ1v) is 7.17. The first-order valence-electron chi connectivity index (χ1n) is 7.17. The Hall–Kier alpha value is -2.09. The molecule has 0 radical (unpaired) electrons. The van der Waals surface area contributed by atoms with E-state index in [1.165, 1.54) is 12.8 Å². The Kier molecular flexibility index (Phi) is 7.53. The van der Waals surface area contributed by atoms with E-state index in [1.807, 2.05) is 30.3 Å². The van der Waals surface area contributed by atoms with Gasteiger partial charge in [0.05, 0.1) is 0 Å². The second kappa shape index (κ2) is 9.14. The van der Waals surface area contributed by atoms with E-state index in [-0.39, 0.29) is 5.91 Å². The fourth-order valence-corrected chi connectivity index (χ4v) is 2.01. The SMILES string of the molecule is O=C(NCC1CCCCN1)c1ccccc1.O=C(O)C(F)(F)F. The number of hydrogen-bond donors (Lipinski definition) is 3. The van der Waals surface area contributed by atoms with Crippen molar-refractivity contribution in [2.75, 3.05) is 13.1 Å². The highest BCUT2D eigenvalue weighted by Crippen LogP contribution is 2.13. The second-order valence-electron chi connectivity index (χ2n) is 5.03. The number of alkyl halides is 3. The Bertz CT molecular complexity index is 500. The Morgan fingerprint density at radius 1 is 1.22 bits per heavy atom. The number of aliphatic carboxylic acids is 1. The van der Waals surface area contributed by atoms with Gasteiger partial charge in [-0.1, -0.05) is 24.6 Å². The van der Waals surface area contributed by atoms with E-state index < -0.39 is 12.1 Å². The van der Waals surface area contributed by atoms with Gasteiger partial charge < -0.3 is 15.7 Å². The van der Waals surface area contributed by atoms with E-state index in [0.717, 1.165) is 25.1 Å². The molecule has 1 fully saturated rings. The summed E-state index contributed by atoms with van der Waals surface area (Å²) in [6.07, 6.45) is -1.41. The average Bonchev–Trinajstić information content (AvgIpc) is 2.54. The third-order valence-electron chi connectivity index (χ3n) is 3.20. The molecular formula is C15H19F3N2O3. The van der Waals surface area contributed by atoms with Crippen LogP contribution in [-0.4, -0.2) is 42.3 Å². The third kappa shape index (κ3) is 7.64. The number of rotatable bonds is 3. The topological polar surface area (TPSA) is 78.4 Å². The summed E-state index contributed by atoms with van der Waals surface area (Å²) in [6, 6.07) is 9.80. The lowest BCUT2D eigenvalue weighted by atomic mass is 10.1. The van der Waals surface area contributed by atoms with Gasteiger partial charge in [0.1, 0.15) is 0 Å². The number of nitrogens with one attached hydrogen (secondary N) is 2. The number of carboxylic acids is 1. The van der Waals surface area contributed by atoms with Crippen molar-refractivity contribution < 1.29 is 27.9 Å². The molecule has 1 heterocycles. The standard InChI is InChI=1S/C13H18N2O.C2HF3O2/c16-13(11-6-2-1-3-7-11)15-10-12-8-4-5-9-14-12;3-2(4,5)1(6)7/h1-3,6-7,12,14H,4-5,8-10H2,(H,15,16);(H,6,7). The first kappa shape index (κ1) is 19.0. The smallest absolute Gasteiger partial charge is 0.475 e. The summed E-state index contributed by atoms with van der Waals surface area (Å²) in [5.74, 6) is -2.74. The molecule has 0 aromatic heterocycles. The maximum Gasteiger partial charge on any atom is 0.490 e. The molecule has 1 aliphatic heterocycles. The Morgan fingerprint density at radius 2 is 1.83 bits per heavy atom. The van der Waals surface area contributed by atoms with Crippen LogP contribution < -0.4 is 10.6 Å². The molecule has 128 valence electrons. The maximum atomic E-state index is 11.7. The van der Waals surface area contributed by atoms with Crippen LogP contribution in [0.15, 0.2) is 30.3 Å². The van der Waals surface area contributed by atoms with Gasteiger partial charge in [-0.05, 0) is 31.5 Å². The number of halogens is 3. The molecule has 1 unspecified atom stereocenters. The summed E-state index contributed by atoms with van der Waals surface area (Å²) < 4.78 is 31.7. The molecule has 3 N–H and O–H groups in total. The monoisotopic (exact) mass is 332 g/mol. The first-order chi connectivity index (χ1) is 10.8. The summed E-state index contributed by atoms with van der Waals surface area (Å²) in [6.45, 7) is 1.81. The van der Waals surface area contributed by atoms with Gasteiger partial charge in [0.15, 0.2) is 0 Å². The Morgan fingerprint density at radius 3 is 2.30 bits per heavy atom. The summed E-state index contributed by atoms with van der Waals surface area (Å²) in [5.41, 5.74) is 0.735. The lowest BCUT2D eigenvalue weighted by Crippen LogP contribution is -2.43. The molecule has 2 rings (SSSR count). The van der Waals surface area contributed by atoms with Crippen molar-refractivity contribution in [3.05, 3.63) is 35.9 Å². The zero-order chi connectivity index (χ0) is 17.3. The number of amides is 1. The van der Waals surface area contributed by atoms with E-state index in [4.69, 9.17) is 9.90 Å². The highest BCUT2D eigenvalue weighted by Gasteiger charge is 2.38. The number of piperidine rings is 1. The van der Waals surface area contributed by atoms with Crippen LogP contribution in [0.1, 0.15) is 29.6 Å². The predicted molar refractivity (Wildman–Crippen MR) is 78.1 cm³/mol. The van der Waals surface area contributed by atoms with Crippen LogP contribution in [0.4, 0.5) is 13.2 Å². The molecule has 8 heteroatoms. The van der Waals surface area contributed by atoms with Crippen molar-refractivity contribution in [3.8, 4) is 0 Å². The molecule has 0 bridgehead atoms. The lowest BCUT2D eigenvalue weighted by molar-refractivity contribution is -0.192. The summed E-state index contributed by atoms with van der Waals surface area (Å²) >= 11 is 0. The Labute approximate surface area is 131 Å². The number of carbonyl (C=O) groups excluding carboxylic acids is 1. The third-order valence-corrected chi connectivity index (χ3v) is 3.20. The van der Waals surface area contributed by atoms with E-state index >= 15 is 0 Å². The maximum absolute atomic E-state index is 11.7. The van der Waals surface area contributed by atoms with E-state index in [9.17, 15) is 18.0 Å². The molecule has 1 amide bonds. The summed E-state index contributed by atoms with van der Waals surface area (Å²) in [5, 5.41) is 13.5. The van der Waals surface area contributed by atoms with Gasteiger partial charge in [0.25, 0.3) is 5.91 Å². The van der Waals surface area contributed by atoms with Crippen molar-refractivity contribution in [2.24, 2.45) is 0 Å². The van der Waals surface area contributed by atoms with Crippen LogP contribution in [-0.2, 0) is 4.79 Å². The fraction of sp³-hybridized carbons (Fsp3) is 0.467. The molecule has 1 aromatic rings. The van der Waals surface area contributed by atoms with E-state index in [0.29, 0.717) is 6.04 Å². The molecule has 1 atom stereocenters. The molecule has 0 saturated carbocycles. The lowest BCUT2D eigenvalue weighted by Gasteiger charge is -2.23. The van der Waals surface area contributed by atoms with Gasteiger partial charge in [0.2, 0.25) is 0 Å². The molecular weight excluding hydrogens is 313 g/mol. The van der Waals surface area contributed by atoms with Crippen molar-refractivity contribution in [1.29, 1.82) is 0 Å². The van der Waals surface area contributed by atoms with Crippen LogP contribution in [0.25, 0.3) is 0 Å². The molecule has 23 heavy (non-hydrogen) atoms. The van der Waals surface area contributed by atoms with Crippen molar-refractivity contribution >= 4 is 11.9 Å². The highest BCUT2D eigenvalue weighted by molar-refractivity contribution is 5.94. The van der Waals surface area contributed by atoms with E-state index in [1.54, 1.807) is 0 Å². The van der Waals surface area contributed by atoms with Crippen molar-refractivity contribution in [2.45, 2.75) is 31.5 Å². The zero-order valence-corrected chi connectivity index (χ0v) is 12.4. The van der Waals surface area contributed by atoms with Gasteiger partial charge in [-0.2, -0.15) is 13.2 Å². The second-order valence-corrected chi connectivity index (χ2v) is 5.03. The van der Waals surface area contributed by atoms with Gasteiger partial charge in [-0.3, -0.25) is 4.79 Å². The van der Waals surface area contributed by atoms with Crippen LogP contribution in [0.5, 0.6) is 0 Å². The van der Waals surface area contributed by atoms with Crippen LogP contribution >= 0.6 is 0 Å². The highest BCUT2D eigenvalue weighted by atomic mass is 19.4. The minimum atomic E-state index is -5.08. The quantitative estimate of drug-likeness (QED) is 0.793. The molecule has 0 spiro atoms. The summed E-state index contributed by atoms with van der Waals surface area (Å²) in [7, 11) is 0. The number of carbonyl (C=O) groups is 2. The normalized spacial score (nSPS) is 17.6. The molecule has 1 saturated heterocycles.